The Morgan fingerprint density at radius 2 is 0.720 bits per heavy atom. The topological polar surface area (TPSA) is 79.9 Å². The van der Waals surface area contributed by atoms with Gasteiger partial charge in [0, 0.05) is 38.4 Å². The molecule has 0 unspecified atom stereocenters. The van der Waals surface area contributed by atoms with Crippen LogP contribution in [0, 0.1) is 0 Å². The zero-order valence-corrected chi connectivity index (χ0v) is 34.1. The Balaban J connectivity index is 3.48. The molecule has 0 aromatic heterocycles. The third-order valence-electron chi connectivity index (χ3n) is 9.75. The van der Waals surface area contributed by atoms with E-state index in [4.69, 9.17) is 21.3 Å². The molecule has 0 fully saturated rings. The number of hydroxylamine groups is 2. The lowest BCUT2D eigenvalue weighted by Crippen LogP contribution is -2.28. The second-order valence-electron chi connectivity index (χ2n) is 14.7. The minimum atomic E-state index is -0.115. The third kappa shape index (κ3) is 39.9. The Morgan fingerprint density at radius 3 is 1.06 bits per heavy atom. The van der Waals surface area contributed by atoms with Crippen molar-refractivity contribution in [1.29, 1.82) is 0 Å². The molecule has 8 heteroatoms. The molecule has 298 valence electrons. The largest absolute Gasteiger partial charge is 0.371 e. The molecule has 0 aliphatic heterocycles. The van der Waals surface area contributed by atoms with Crippen molar-refractivity contribution in [2.45, 2.75) is 219 Å². The molecule has 50 heavy (non-hydrogen) atoms. The first kappa shape index (κ1) is 49.1. The Bertz CT molecular complexity index is 646. The molecule has 0 bridgehead atoms. The SMILES string of the molecule is CCCCCCCCCCNOC(=O)CCCCCCCCCN(CCCl)CCCCCCCCCC(=O)ONCCCCCCCCCC. The zero-order valence-electron chi connectivity index (χ0n) is 33.3. The zero-order chi connectivity index (χ0) is 36.4. The molecule has 0 rings (SSSR count). The number of halogens is 1. The van der Waals surface area contributed by atoms with Crippen molar-refractivity contribution in [2.75, 3.05) is 38.6 Å². The van der Waals surface area contributed by atoms with Gasteiger partial charge in [-0.1, -0.05) is 168 Å². The van der Waals surface area contributed by atoms with Crippen LogP contribution in [0.3, 0.4) is 0 Å². The van der Waals surface area contributed by atoms with Crippen LogP contribution in [0.25, 0.3) is 0 Å². The minimum Gasteiger partial charge on any atom is -0.371 e. The lowest BCUT2D eigenvalue weighted by Gasteiger charge is -2.21. The van der Waals surface area contributed by atoms with Gasteiger partial charge in [-0.2, -0.15) is 11.0 Å². The van der Waals surface area contributed by atoms with Gasteiger partial charge in [-0.05, 0) is 51.6 Å². The maximum absolute atomic E-state index is 11.9. The molecule has 0 aliphatic rings. The third-order valence-corrected chi connectivity index (χ3v) is 9.92. The standard InChI is InChI=1S/C42H84ClN3O4/c1-3-5-7-9-11-17-23-29-36-44-49-41(47)33-27-21-15-13-19-25-31-38-46(40-35-43)39-32-26-20-14-16-22-28-34-42(48)50-45-37-30-24-18-12-10-8-6-4-2/h44-45H,3-40H2,1-2H3. The van der Waals surface area contributed by atoms with Gasteiger partial charge in [-0.3, -0.25) is 9.59 Å². The van der Waals surface area contributed by atoms with Crippen molar-refractivity contribution in [1.82, 2.24) is 15.9 Å². The molecule has 2 N–H and O–H groups in total. The monoisotopic (exact) mass is 730 g/mol. The van der Waals surface area contributed by atoms with E-state index in [2.05, 4.69) is 29.7 Å². The highest BCUT2D eigenvalue weighted by molar-refractivity contribution is 6.18. The Labute approximate surface area is 315 Å². The quantitative estimate of drug-likeness (QED) is 0.0368. The van der Waals surface area contributed by atoms with Crippen molar-refractivity contribution < 1.29 is 19.3 Å². The van der Waals surface area contributed by atoms with Crippen LogP contribution >= 0.6 is 11.6 Å². The number of unbranched alkanes of at least 4 members (excludes halogenated alkanes) is 26. The molecule has 0 aromatic rings. The summed E-state index contributed by atoms with van der Waals surface area (Å²) in [5.74, 6) is 0.472. The molecule has 0 amide bonds. The molecular formula is C42H84ClN3O4. The van der Waals surface area contributed by atoms with Crippen LogP contribution in [0.2, 0.25) is 0 Å². The van der Waals surface area contributed by atoms with Crippen LogP contribution in [0.1, 0.15) is 219 Å². The Kier molecular flexibility index (Phi) is 41.8. The summed E-state index contributed by atoms with van der Waals surface area (Å²) >= 11 is 6.09. The fourth-order valence-corrected chi connectivity index (χ4v) is 6.70. The number of carbonyl (C=O) groups excluding carboxylic acids is 2. The number of alkyl halides is 1. The predicted molar refractivity (Wildman–Crippen MR) is 214 cm³/mol. The normalized spacial score (nSPS) is 11.4. The molecule has 0 aliphatic carbocycles. The fraction of sp³-hybridized carbons (Fsp3) is 0.952. The Hall–Kier alpha value is -0.890. The van der Waals surface area contributed by atoms with Gasteiger partial charge in [0.1, 0.15) is 0 Å². The highest BCUT2D eigenvalue weighted by Crippen LogP contribution is 2.13. The minimum absolute atomic E-state index is 0.115. The lowest BCUT2D eigenvalue weighted by molar-refractivity contribution is -0.152. The number of rotatable bonds is 42. The summed E-state index contributed by atoms with van der Waals surface area (Å²) < 4.78 is 0. The Morgan fingerprint density at radius 1 is 0.420 bits per heavy atom. The van der Waals surface area contributed by atoms with Gasteiger partial charge in [0.15, 0.2) is 0 Å². The van der Waals surface area contributed by atoms with Gasteiger partial charge in [0.05, 0.1) is 0 Å². The van der Waals surface area contributed by atoms with E-state index < -0.39 is 0 Å². The van der Waals surface area contributed by atoms with E-state index in [9.17, 15) is 9.59 Å². The number of nitrogens with zero attached hydrogens (tertiary/aromatic N) is 1. The molecule has 0 atom stereocenters. The summed E-state index contributed by atoms with van der Waals surface area (Å²) in [6.45, 7) is 9.32. The molecule has 0 radical (unpaired) electrons. The molecule has 0 aromatic carbocycles. The van der Waals surface area contributed by atoms with Gasteiger partial charge in [0.25, 0.3) is 0 Å². The lowest BCUT2D eigenvalue weighted by atomic mass is 10.1. The van der Waals surface area contributed by atoms with E-state index in [0.717, 1.165) is 71.2 Å². The second kappa shape index (κ2) is 42.5. The number of hydrogen-bond donors (Lipinski definition) is 2. The van der Waals surface area contributed by atoms with Crippen LogP contribution in [0.5, 0.6) is 0 Å². The summed E-state index contributed by atoms with van der Waals surface area (Å²) in [4.78, 5) is 36.7. The van der Waals surface area contributed by atoms with Crippen LogP contribution in [0.15, 0.2) is 0 Å². The van der Waals surface area contributed by atoms with Gasteiger partial charge < -0.3 is 14.6 Å². The van der Waals surface area contributed by atoms with Crippen LogP contribution in [-0.2, 0) is 19.3 Å². The van der Waals surface area contributed by atoms with E-state index in [-0.39, 0.29) is 11.9 Å². The van der Waals surface area contributed by atoms with Crippen molar-refractivity contribution in [3.8, 4) is 0 Å². The van der Waals surface area contributed by atoms with E-state index in [1.54, 1.807) is 0 Å². The smallest absolute Gasteiger partial charge is 0.324 e. The van der Waals surface area contributed by atoms with Gasteiger partial charge >= 0.3 is 11.9 Å². The molecule has 0 saturated carbocycles. The second-order valence-corrected chi connectivity index (χ2v) is 15.0. The van der Waals surface area contributed by atoms with E-state index in [1.165, 1.54) is 154 Å². The fourth-order valence-electron chi connectivity index (χ4n) is 6.46. The molecular weight excluding hydrogens is 646 g/mol. The van der Waals surface area contributed by atoms with Gasteiger partial charge in [0.2, 0.25) is 0 Å². The first-order valence-electron chi connectivity index (χ1n) is 21.8. The first-order valence-corrected chi connectivity index (χ1v) is 22.3. The van der Waals surface area contributed by atoms with Crippen LogP contribution in [-0.4, -0.2) is 55.4 Å². The predicted octanol–water partition coefficient (Wildman–Crippen LogP) is 12.1. The highest BCUT2D eigenvalue weighted by atomic mass is 35.5. The van der Waals surface area contributed by atoms with Crippen LogP contribution < -0.4 is 11.0 Å². The number of hydrogen-bond acceptors (Lipinski definition) is 7. The summed E-state index contributed by atoms with van der Waals surface area (Å²) in [7, 11) is 0. The summed E-state index contributed by atoms with van der Waals surface area (Å²) in [5, 5.41) is 0. The molecule has 0 heterocycles. The van der Waals surface area contributed by atoms with Crippen molar-refractivity contribution in [3.63, 3.8) is 0 Å². The first-order chi connectivity index (χ1) is 24.6. The summed E-state index contributed by atoms with van der Waals surface area (Å²) in [6.07, 6.45) is 38.1. The maximum Gasteiger partial charge on any atom is 0.324 e. The van der Waals surface area contributed by atoms with E-state index >= 15 is 0 Å². The average Bonchev–Trinajstić information content (AvgIpc) is 3.11. The van der Waals surface area contributed by atoms with E-state index in [0.29, 0.717) is 18.7 Å². The number of nitrogens with one attached hydrogen (secondary N) is 2. The maximum atomic E-state index is 11.9. The van der Waals surface area contributed by atoms with Crippen molar-refractivity contribution in [3.05, 3.63) is 0 Å². The van der Waals surface area contributed by atoms with Gasteiger partial charge in [-0.15, -0.1) is 11.6 Å². The summed E-state index contributed by atoms with van der Waals surface area (Å²) in [5.41, 5.74) is 5.72. The van der Waals surface area contributed by atoms with Crippen molar-refractivity contribution >= 4 is 23.5 Å². The van der Waals surface area contributed by atoms with Crippen LogP contribution in [0.4, 0.5) is 0 Å². The molecule has 0 spiro atoms. The number of carbonyl (C=O) groups is 2. The summed E-state index contributed by atoms with van der Waals surface area (Å²) in [6, 6.07) is 0. The van der Waals surface area contributed by atoms with Gasteiger partial charge in [-0.25, -0.2) is 0 Å². The molecule has 7 nitrogen and oxygen atoms in total. The molecule has 0 saturated heterocycles. The van der Waals surface area contributed by atoms with E-state index in [1.807, 2.05) is 0 Å². The average molecular weight is 731 g/mol. The highest BCUT2D eigenvalue weighted by Gasteiger charge is 2.06. The van der Waals surface area contributed by atoms with Crippen molar-refractivity contribution in [2.24, 2.45) is 0 Å².